The van der Waals surface area contributed by atoms with Crippen molar-refractivity contribution in [1.82, 2.24) is 14.8 Å². The third kappa shape index (κ3) is 2.40. The van der Waals surface area contributed by atoms with Crippen LogP contribution in [0.2, 0.25) is 0 Å². The smallest absolute Gasteiger partial charge is 0.258 e. The Morgan fingerprint density at radius 2 is 2.21 bits per heavy atom. The van der Waals surface area contributed by atoms with Gasteiger partial charge in [-0.05, 0) is 41.3 Å². The molecule has 2 aromatic heterocycles. The predicted molar refractivity (Wildman–Crippen MR) is 75.0 cm³/mol. The number of halogens is 1. The molecule has 2 aromatic rings. The zero-order valence-corrected chi connectivity index (χ0v) is 11.8. The van der Waals surface area contributed by atoms with E-state index in [2.05, 4.69) is 31.3 Å². The molecule has 0 aliphatic heterocycles. The zero-order valence-electron chi connectivity index (χ0n) is 10.2. The van der Waals surface area contributed by atoms with Gasteiger partial charge in [-0.3, -0.25) is 9.78 Å². The average Bonchev–Trinajstić information content (AvgIpc) is 2.75. The summed E-state index contributed by atoms with van der Waals surface area (Å²) in [6, 6.07) is 3.93. The minimum Gasteiger partial charge on any atom is -0.307 e. The number of amides is 1. The molecule has 1 fully saturated rings. The van der Waals surface area contributed by atoms with E-state index in [1.165, 1.54) is 6.42 Å². The Morgan fingerprint density at radius 1 is 1.37 bits per heavy atom. The number of pyridine rings is 1. The molecule has 19 heavy (non-hydrogen) atoms. The number of aromatic nitrogens is 3. The minimum atomic E-state index is -0.157. The van der Waals surface area contributed by atoms with Gasteiger partial charge in [0.05, 0.1) is 17.8 Å². The van der Waals surface area contributed by atoms with Gasteiger partial charge in [-0.1, -0.05) is 0 Å². The zero-order chi connectivity index (χ0) is 13.2. The standard InChI is InChI=1S/C13H13BrN4O/c14-11-8-15-6-4-10(11)13(19)17-12-5-7-16-18(12)9-2-1-3-9/h4-9H,1-3H2,(H,17,19). The maximum absolute atomic E-state index is 12.2. The summed E-state index contributed by atoms with van der Waals surface area (Å²) in [6.07, 6.45) is 8.41. The molecule has 1 aliphatic rings. The molecule has 0 unspecified atom stereocenters. The fourth-order valence-corrected chi connectivity index (χ4v) is 2.51. The van der Waals surface area contributed by atoms with Gasteiger partial charge in [-0.2, -0.15) is 5.10 Å². The number of hydrogen-bond acceptors (Lipinski definition) is 3. The van der Waals surface area contributed by atoms with E-state index in [0.717, 1.165) is 18.7 Å². The summed E-state index contributed by atoms with van der Waals surface area (Å²) in [5, 5.41) is 7.19. The first-order valence-electron chi connectivity index (χ1n) is 6.20. The Morgan fingerprint density at radius 3 is 2.89 bits per heavy atom. The predicted octanol–water partition coefficient (Wildman–Crippen LogP) is 3.02. The lowest BCUT2D eigenvalue weighted by atomic mass is 9.93. The number of nitrogens with zero attached hydrogens (tertiary/aromatic N) is 3. The van der Waals surface area contributed by atoms with Crippen LogP contribution in [0.5, 0.6) is 0 Å². The quantitative estimate of drug-likeness (QED) is 0.945. The molecule has 3 rings (SSSR count). The summed E-state index contributed by atoms with van der Waals surface area (Å²) < 4.78 is 2.58. The molecule has 98 valence electrons. The van der Waals surface area contributed by atoms with Gasteiger partial charge in [0, 0.05) is 22.9 Å². The van der Waals surface area contributed by atoms with Crippen molar-refractivity contribution in [3.05, 3.63) is 40.8 Å². The second-order valence-corrected chi connectivity index (χ2v) is 5.41. The molecule has 6 heteroatoms. The van der Waals surface area contributed by atoms with Crippen molar-refractivity contribution in [2.45, 2.75) is 25.3 Å². The first-order chi connectivity index (χ1) is 9.25. The highest BCUT2D eigenvalue weighted by atomic mass is 79.9. The molecule has 1 saturated carbocycles. The van der Waals surface area contributed by atoms with Crippen LogP contribution in [0.1, 0.15) is 35.7 Å². The van der Waals surface area contributed by atoms with E-state index in [1.807, 2.05) is 10.7 Å². The molecule has 1 N–H and O–H groups in total. The van der Waals surface area contributed by atoms with Crippen LogP contribution < -0.4 is 5.32 Å². The summed E-state index contributed by atoms with van der Waals surface area (Å²) in [6.45, 7) is 0. The van der Waals surface area contributed by atoms with E-state index < -0.39 is 0 Å². The molecule has 0 atom stereocenters. The molecule has 0 bridgehead atoms. The third-order valence-electron chi connectivity index (χ3n) is 3.35. The highest BCUT2D eigenvalue weighted by Gasteiger charge is 2.23. The minimum absolute atomic E-state index is 0.157. The van der Waals surface area contributed by atoms with Gasteiger partial charge >= 0.3 is 0 Å². The van der Waals surface area contributed by atoms with Crippen molar-refractivity contribution in [2.75, 3.05) is 5.32 Å². The van der Waals surface area contributed by atoms with E-state index >= 15 is 0 Å². The van der Waals surface area contributed by atoms with Crippen molar-refractivity contribution < 1.29 is 4.79 Å². The third-order valence-corrected chi connectivity index (χ3v) is 3.98. The number of nitrogens with one attached hydrogen (secondary N) is 1. The summed E-state index contributed by atoms with van der Waals surface area (Å²) in [4.78, 5) is 16.2. The van der Waals surface area contributed by atoms with Crippen molar-refractivity contribution in [3.8, 4) is 0 Å². The van der Waals surface area contributed by atoms with Crippen molar-refractivity contribution in [1.29, 1.82) is 0 Å². The van der Waals surface area contributed by atoms with E-state index in [1.54, 1.807) is 24.7 Å². The molecular weight excluding hydrogens is 308 g/mol. The molecular formula is C13H13BrN4O. The maximum Gasteiger partial charge on any atom is 0.258 e. The van der Waals surface area contributed by atoms with Crippen LogP contribution in [0, 0.1) is 0 Å². The first kappa shape index (κ1) is 12.3. The topological polar surface area (TPSA) is 59.8 Å². The van der Waals surface area contributed by atoms with E-state index in [4.69, 9.17) is 0 Å². The van der Waals surface area contributed by atoms with Gasteiger partial charge in [0.2, 0.25) is 0 Å². The first-order valence-corrected chi connectivity index (χ1v) is 6.99. The normalized spacial score (nSPS) is 15.0. The lowest BCUT2D eigenvalue weighted by Gasteiger charge is -2.27. The van der Waals surface area contributed by atoms with Gasteiger partial charge in [-0.15, -0.1) is 0 Å². The van der Waals surface area contributed by atoms with Crippen molar-refractivity contribution in [3.63, 3.8) is 0 Å². The summed E-state index contributed by atoms with van der Waals surface area (Å²) in [5.74, 6) is 0.591. The van der Waals surface area contributed by atoms with Gasteiger partial charge in [0.15, 0.2) is 0 Å². The van der Waals surface area contributed by atoms with Crippen molar-refractivity contribution >= 4 is 27.7 Å². The second kappa shape index (κ2) is 5.13. The van der Waals surface area contributed by atoms with Crippen LogP contribution in [0.25, 0.3) is 0 Å². The number of carbonyl (C=O) groups excluding carboxylic acids is 1. The van der Waals surface area contributed by atoms with Crippen LogP contribution in [0.4, 0.5) is 5.82 Å². The Hall–Kier alpha value is -1.69. The molecule has 0 aromatic carbocycles. The SMILES string of the molecule is O=C(Nc1ccnn1C1CCC1)c1ccncc1Br. The van der Waals surface area contributed by atoms with Gasteiger partial charge < -0.3 is 5.32 Å². The Balaban J connectivity index is 1.80. The van der Waals surface area contributed by atoms with Crippen molar-refractivity contribution in [2.24, 2.45) is 0 Å². The van der Waals surface area contributed by atoms with Crippen LogP contribution >= 0.6 is 15.9 Å². The van der Waals surface area contributed by atoms with E-state index in [0.29, 0.717) is 16.1 Å². The summed E-state index contributed by atoms with van der Waals surface area (Å²) in [5.41, 5.74) is 0.566. The highest BCUT2D eigenvalue weighted by Crippen LogP contribution is 2.33. The number of anilines is 1. The average molecular weight is 321 g/mol. The molecule has 2 heterocycles. The number of carbonyl (C=O) groups is 1. The van der Waals surface area contributed by atoms with Crippen LogP contribution in [-0.4, -0.2) is 20.7 Å². The lowest BCUT2D eigenvalue weighted by molar-refractivity contribution is 0.102. The highest BCUT2D eigenvalue weighted by molar-refractivity contribution is 9.10. The second-order valence-electron chi connectivity index (χ2n) is 4.56. The van der Waals surface area contributed by atoms with Gasteiger partial charge in [-0.25, -0.2) is 4.68 Å². The molecule has 5 nitrogen and oxygen atoms in total. The Bertz CT molecular complexity index is 606. The van der Waals surface area contributed by atoms with Crippen LogP contribution in [0.15, 0.2) is 35.2 Å². The fourth-order valence-electron chi connectivity index (χ4n) is 2.08. The largest absolute Gasteiger partial charge is 0.307 e. The Kier molecular flexibility index (Phi) is 3.33. The summed E-state index contributed by atoms with van der Waals surface area (Å²) >= 11 is 3.33. The molecule has 1 aliphatic carbocycles. The maximum atomic E-state index is 12.2. The van der Waals surface area contributed by atoms with E-state index in [-0.39, 0.29) is 5.91 Å². The fraction of sp³-hybridized carbons (Fsp3) is 0.308. The van der Waals surface area contributed by atoms with Crippen LogP contribution in [0.3, 0.4) is 0 Å². The summed E-state index contributed by atoms with van der Waals surface area (Å²) in [7, 11) is 0. The van der Waals surface area contributed by atoms with E-state index in [9.17, 15) is 4.79 Å². The van der Waals surface area contributed by atoms with Gasteiger partial charge in [0.1, 0.15) is 5.82 Å². The van der Waals surface area contributed by atoms with Crippen LogP contribution in [-0.2, 0) is 0 Å². The monoisotopic (exact) mass is 320 g/mol. The number of rotatable bonds is 3. The molecule has 1 amide bonds. The lowest BCUT2D eigenvalue weighted by Crippen LogP contribution is -2.22. The van der Waals surface area contributed by atoms with Gasteiger partial charge in [0.25, 0.3) is 5.91 Å². The number of hydrogen-bond donors (Lipinski definition) is 1. The molecule has 0 radical (unpaired) electrons. The molecule has 0 spiro atoms. The Labute approximate surface area is 119 Å². The molecule has 0 saturated heterocycles.